The number of aliphatic carboxylic acids is 1. The second kappa shape index (κ2) is 11.6. The topological polar surface area (TPSA) is 162 Å². The molecule has 1 aliphatic heterocycles. The van der Waals surface area contributed by atoms with Gasteiger partial charge in [0.1, 0.15) is 23.9 Å². The predicted molar refractivity (Wildman–Crippen MR) is 121 cm³/mol. The number of carboxylic acids is 1. The van der Waals surface area contributed by atoms with Crippen LogP contribution in [0.5, 0.6) is 5.75 Å². The van der Waals surface area contributed by atoms with E-state index in [2.05, 4.69) is 10.6 Å². The largest absolute Gasteiger partial charge is 0.508 e. The monoisotopic (exact) mass is 462 g/mol. The minimum Gasteiger partial charge on any atom is -0.508 e. The lowest BCUT2D eigenvalue weighted by Crippen LogP contribution is -2.56. The number of phenols is 1. The molecule has 0 bridgehead atoms. The van der Waals surface area contributed by atoms with Crippen LogP contribution in [0.2, 0.25) is 0 Å². The van der Waals surface area contributed by atoms with Crippen molar-refractivity contribution in [1.82, 2.24) is 15.5 Å². The lowest BCUT2D eigenvalue weighted by Gasteiger charge is -2.28. The minimum absolute atomic E-state index is 0.0169. The highest BCUT2D eigenvalue weighted by atomic mass is 16.4. The van der Waals surface area contributed by atoms with Gasteiger partial charge in [-0.05, 0) is 49.8 Å². The molecule has 0 saturated carbocycles. The lowest BCUT2D eigenvalue weighted by atomic mass is 10.0. The summed E-state index contributed by atoms with van der Waals surface area (Å²) in [7, 11) is 0. The quantitative estimate of drug-likeness (QED) is 0.335. The number of amides is 3. The van der Waals surface area contributed by atoms with Crippen molar-refractivity contribution in [1.29, 1.82) is 0 Å². The molecule has 2 rings (SSSR count). The number of phenolic OH excluding ortho intramolecular Hbond substituents is 1. The van der Waals surface area contributed by atoms with Gasteiger partial charge in [-0.2, -0.15) is 0 Å². The van der Waals surface area contributed by atoms with E-state index < -0.39 is 42.0 Å². The van der Waals surface area contributed by atoms with Crippen molar-refractivity contribution in [3.8, 4) is 5.75 Å². The van der Waals surface area contributed by atoms with Crippen molar-refractivity contribution < 1.29 is 29.4 Å². The number of nitrogens with zero attached hydrogens (tertiary/aromatic N) is 1. The number of carbonyl (C=O) groups excluding carboxylic acids is 3. The molecular formula is C23H34N4O6. The Hall–Kier alpha value is -3.14. The van der Waals surface area contributed by atoms with Crippen molar-refractivity contribution in [2.45, 2.75) is 70.6 Å². The Morgan fingerprint density at radius 2 is 1.73 bits per heavy atom. The zero-order valence-corrected chi connectivity index (χ0v) is 19.3. The van der Waals surface area contributed by atoms with Crippen LogP contribution in [-0.2, 0) is 25.6 Å². The fraction of sp³-hybridized carbons (Fsp3) is 0.565. The molecule has 1 heterocycles. The van der Waals surface area contributed by atoms with E-state index in [0.717, 1.165) is 0 Å². The molecule has 1 aromatic carbocycles. The average Bonchev–Trinajstić information content (AvgIpc) is 3.23. The maximum Gasteiger partial charge on any atom is 0.326 e. The highest BCUT2D eigenvalue weighted by molar-refractivity contribution is 5.94. The summed E-state index contributed by atoms with van der Waals surface area (Å²) in [6.45, 7) is 5.76. The number of carbonyl (C=O) groups is 4. The number of hydrogen-bond acceptors (Lipinski definition) is 6. The molecule has 33 heavy (non-hydrogen) atoms. The molecule has 4 atom stereocenters. The third-order valence-electron chi connectivity index (χ3n) is 5.56. The first-order chi connectivity index (χ1) is 15.5. The van der Waals surface area contributed by atoms with Crippen LogP contribution < -0.4 is 16.4 Å². The molecule has 3 amide bonds. The van der Waals surface area contributed by atoms with E-state index in [1.807, 2.05) is 13.8 Å². The fourth-order valence-electron chi connectivity index (χ4n) is 3.88. The molecule has 0 radical (unpaired) electrons. The summed E-state index contributed by atoms with van der Waals surface area (Å²) >= 11 is 0. The lowest BCUT2D eigenvalue weighted by molar-refractivity contribution is -0.143. The minimum atomic E-state index is -1.21. The van der Waals surface area contributed by atoms with Crippen LogP contribution >= 0.6 is 0 Å². The van der Waals surface area contributed by atoms with Gasteiger partial charge in [0, 0.05) is 13.0 Å². The first kappa shape index (κ1) is 26.1. The van der Waals surface area contributed by atoms with Gasteiger partial charge in [0.05, 0.1) is 6.04 Å². The molecule has 4 unspecified atom stereocenters. The summed E-state index contributed by atoms with van der Waals surface area (Å²) in [4.78, 5) is 51.5. The molecule has 1 fully saturated rings. The molecule has 1 saturated heterocycles. The number of hydrogen-bond donors (Lipinski definition) is 5. The summed E-state index contributed by atoms with van der Waals surface area (Å²) in [6, 6.07) is 2.43. The van der Waals surface area contributed by atoms with Gasteiger partial charge in [0.2, 0.25) is 17.7 Å². The Balaban J connectivity index is 2.11. The second-order valence-electron chi connectivity index (χ2n) is 8.94. The maximum atomic E-state index is 13.0. The van der Waals surface area contributed by atoms with Crippen molar-refractivity contribution in [3.63, 3.8) is 0 Å². The van der Waals surface area contributed by atoms with E-state index >= 15 is 0 Å². The highest BCUT2D eigenvalue weighted by Crippen LogP contribution is 2.19. The first-order valence-corrected chi connectivity index (χ1v) is 11.2. The van der Waals surface area contributed by atoms with Crippen molar-refractivity contribution in [3.05, 3.63) is 29.8 Å². The van der Waals surface area contributed by atoms with Gasteiger partial charge in [-0.1, -0.05) is 26.0 Å². The number of nitrogens with two attached hydrogens (primary N) is 1. The number of benzene rings is 1. The van der Waals surface area contributed by atoms with Crippen LogP contribution in [0.25, 0.3) is 0 Å². The smallest absolute Gasteiger partial charge is 0.326 e. The van der Waals surface area contributed by atoms with Crippen molar-refractivity contribution >= 4 is 23.7 Å². The Labute approximate surface area is 193 Å². The SMILES string of the molecule is CC(C)CC(NC(=O)C1CCCN1C(=O)C(C)N)C(=O)NC(Cc1ccc(O)cc1)C(=O)O. The van der Waals surface area contributed by atoms with Crippen LogP contribution in [0.3, 0.4) is 0 Å². The number of aromatic hydroxyl groups is 1. The van der Waals surface area contributed by atoms with E-state index in [0.29, 0.717) is 31.4 Å². The van der Waals surface area contributed by atoms with E-state index in [1.165, 1.54) is 17.0 Å². The molecule has 10 nitrogen and oxygen atoms in total. The molecule has 6 N–H and O–H groups in total. The Bertz CT molecular complexity index is 855. The summed E-state index contributed by atoms with van der Waals surface area (Å²) < 4.78 is 0. The zero-order valence-electron chi connectivity index (χ0n) is 19.3. The Kier molecular flexibility index (Phi) is 9.22. The summed E-state index contributed by atoms with van der Waals surface area (Å²) in [6.07, 6.45) is 1.45. The Morgan fingerprint density at radius 3 is 2.27 bits per heavy atom. The highest BCUT2D eigenvalue weighted by Gasteiger charge is 2.37. The third kappa shape index (κ3) is 7.45. The van der Waals surface area contributed by atoms with Gasteiger partial charge < -0.3 is 31.5 Å². The molecular weight excluding hydrogens is 428 g/mol. The summed E-state index contributed by atoms with van der Waals surface area (Å²) in [5.41, 5.74) is 6.32. The normalized spacial score (nSPS) is 18.5. The molecule has 1 aliphatic rings. The molecule has 0 aliphatic carbocycles. The van der Waals surface area contributed by atoms with Crippen LogP contribution in [-0.4, -0.2) is 69.5 Å². The zero-order chi connectivity index (χ0) is 24.7. The second-order valence-corrected chi connectivity index (χ2v) is 8.94. The Morgan fingerprint density at radius 1 is 1.09 bits per heavy atom. The maximum absolute atomic E-state index is 13.0. The van der Waals surface area contributed by atoms with E-state index in [4.69, 9.17) is 5.73 Å². The van der Waals surface area contributed by atoms with Crippen molar-refractivity contribution in [2.75, 3.05) is 6.54 Å². The standard InChI is InChI=1S/C23H34N4O6/c1-13(2)11-17(25-21(30)19-5-4-10-27(19)22(31)14(3)24)20(29)26-18(23(32)33)12-15-6-8-16(28)9-7-15/h6-9,13-14,17-19,28H,4-5,10-12,24H2,1-3H3,(H,25,30)(H,26,29)(H,32,33). The average molecular weight is 463 g/mol. The van der Waals surface area contributed by atoms with E-state index in [9.17, 15) is 29.4 Å². The molecule has 1 aromatic rings. The van der Waals surface area contributed by atoms with Gasteiger partial charge in [-0.3, -0.25) is 14.4 Å². The third-order valence-corrected chi connectivity index (χ3v) is 5.56. The molecule has 182 valence electrons. The summed E-state index contributed by atoms with van der Waals surface area (Å²) in [5.74, 6) is -2.49. The fourth-order valence-corrected chi connectivity index (χ4v) is 3.88. The molecule has 10 heteroatoms. The number of nitrogens with one attached hydrogen (secondary N) is 2. The van der Waals surface area contributed by atoms with E-state index in [-0.39, 0.29) is 24.0 Å². The van der Waals surface area contributed by atoms with Crippen LogP contribution in [0.15, 0.2) is 24.3 Å². The number of likely N-dealkylation sites (tertiary alicyclic amines) is 1. The first-order valence-electron chi connectivity index (χ1n) is 11.2. The van der Waals surface area contributed by atoms with Gasteiger partial charge in [0.15, 0.2) is 0 Å². The van der Waals surface area contributed by atoms with Crippen LogP contribution in [0.4, 0.5) is 0 Å². The molecule has 0 aromatic heterocycles. The molecule has 0 spiro atoms. The van der Waals surface area contributed by atoms with Crippen molar-refractivity contribution in [2.24, 2.45) is 11.7 Å². The number of carboxylic acid groups (broad SMARTS) is 1. The summed E-state index contributed by atoms with van der Waals surface area (Å²) in [5, 5.41) is 24.2. The predicted octanol–water partition coefficient (Wildman–Crippen LogP) is 0.373. The van der Waals surface area contributed by atoms with Gasteiger partial charge in [-0.15, -0.1) is 0 Å². The number of rotatable bonds is 10. The van der Waals surface area contributed by atoms with Gasteiger partial charge >= 0.3 is 5.97 Å². The van der Waals surface area contributed by atoms with Crippen LogP contribution in [0, 0.1) is 5.92 Å². The van der Waals surface area contributed by atoms with E-state index in [1.54, 1.807) is 19.1 Å². The van der Waals surface area contributed by atoms with Crippen LogP contribution in [0.1, 0.15) is 45.6 Å². The van der Waals surface area contributed by atoms with Gasteiger partial charge in [-0.25, -0.2) is 4.79 Å². The van der Waals surface area contributed by atoms with Gasteiger partial charge in [0.25, 0.3) is 0 Å².